The lowest BCUT2D eigenvalue weighted by atomic mass is 9.41. The van der Waals surface area contributed by atoms with Crippen LogP contribution in [0.5, 0.6) is 0 Å². The third-order valence-corrected chi connectivity index (χ3v) is 7.30. The molecule has 0 radical (unpaired) electrons. The molecule has 0 amide bonds. The summed E-state index contributed by atoms with van der Waals surface area (Å²) < 4.78 is 23.7. The van der Waals surface area contributed by atoms with Gasteiger partial charge in [0.15, 0.2) is 6.29 Å². The van der Waals surface area contributed by atoms with Gasteiger partial charge in [0.05, 0.1) is 16.4 Å². The van der Waals surface area contributed by atoms with Crippen LogP contribution in [0, 0.1) is 16.7 Å². The molecule has 3 saturated heterocycles. The van der Waals surface area contributed by atoms with E-state index in [1.165, 1.54) is 0 Å². The van der Waals surface area contributed by atoms with Crippen molar-refractivity contribution < 1.29 is 33.6 Å². The van der Waals surface area contributed by atoms with Crippen molar-refractivity contribution in [2.75, 3.05) is 6.61 Å². The minimum Gasteiger partial charge on any atom is -0.461 e. The number of benzene rings is 1. The molecule has 1 N–H and O–H groups in total. The molecule has 3 aliphatic heterocycles. The fourth-order valence-electron chi connectivity index (χ4n) is 5.67. The third-order valence-electron chi connectivity index (χ3n) is 7.30. The molecule has 7 rings (SSSR count). The van der Waals surface area contributed by atoms with Crippen molar-refractivity contribution >= 4 is 11.9 Å². The highest BCUT2D eigenvalue weighted by molar-refractivity contribution is 5.89. The summed E-state index contributed by atoms with van der Waals surface area (Å²) in [5, 5.41) is 11.5. The fraction of sp³-hybridized carbons (Fsp3) is 0.636. The van der Waals surface area contributed by atoms with Crippen LogP contribution in [0.3, 0.4) is 0 Å². The maximum Gasteiger partial charge on any atom is 0.338 e. The van der Waals surface area contributed by atoms with Crippen LogP contribution in [0.1, 0.15) is 50.9 Å². The van der Waals surface area contributed by atoms with Crippen molar-refractivity contribution in [3.05, 3.63) is 35.9 Å². The largest absolute Gasteiger partial charge is 0.461 e. The van der Waals surface area contributed by atoms with E-state index in [9.17, 15) is 14.7 Å². The minimum absolute atomic E-state index is 0.0586. The molecule has 7 heteroatoms. The maximum atomic E-state index is 12.6. The second kappa shape index (κ2) is 5.39. The highest BCUT2D eigenvalue weighted by atomic mass is 16.8. The highest BCUT2D eigenvalue weighted by Gasteiger charge is 2.94. The van der Waals surface area contributed by atoms with Gasteiger partial charge < -0.3 is 24.1 Å². The van der Waals surface area contributed by atoms with E-state index in [-0.39, 0.29) is 24.9 Å². The number of hydrogen-bond donors (Lipinski definition) is 1. The van der Waals surface area contributed by atoms with E-state index in [2.05, 4.69) is 0 Å². The van der Waals surface area contributed by atoms with Gasteiger partial charge >= 0.3 is 11.9 Å². The first-order valence-corrected chi connectivity index (χ1v) is 10.0. The smallest absolute Gasteiger partial charge is 0.338 e. The molecule has 7 nitrogen and oxygen atoms in total. The number of esters is 2. The van der Waals surface area contributed by atoms with Gasteiger partial charge in [0, 0.05) is 12.3 Å². The first kappa shape index (κ1) is 19.0. The van der Waals surface area contributed by atoms with Gasteiger partial charge in [-0.1, -0.05) is 18.2 Å². The molecule has 1 aromatic rings. The first-order valence-electron chi connectivity index (χ1n) is 10.0. The van der Waals surface area contributed by atoms with E-state index in [0.717, 1.165) is 0 Å². The molecule has 156 valence electrons. The Balaban J connectivity index is 1.44. The van der Waals surface area contributed by atoms with E-state index in [4.69, 9.17) is 18.9 Å². The number of rotatable bonds is 4. The van der Waals surface area contributed by atoms with Crippen molar-refractivity contribution in [3.8, 4) is 0 Å². The Morgan fingerprint density at radius 2 is 1.90 bits per heavy atom. The number of carbonyl (C=O) groups excluding carboxylic acids is 2. The quantitative estimate of drug-likeness (QED) is 0.774. The van der Waals surface area contributed by atoms with Crippen molar-refractivity contribution in [1.82, 2.24) is 0 Å². The van der Waals surface area contributed by atoms with Gasteiger partial charge in [-0.05, 0) is 46.2 Å². The Morgan fingerprint density at radius 3 is 2.55 bits per heavy atom. The monoisotopic (exact) mass is 402 g/mol. The fourth-order valence-corrected chi connectivity index (χ4v) is 5.67. The number of hydrogen-bond acceptors (Lipinski definition) is 7. The Labute approximate surface area is 169 Å². The van der Waals surface area contributed by atoms with Gasteiger partial charge in [0.2, 0.25) is 5.79 Å². The molecule has 6 bridgehead atoms. The zero-order chi connectivity index (χ0) is 20.9. The normalized spacial score (nSPS) is 43.8. The predicted molar refractivity (Wildman–Crippen MR) is 99.5 cm³/mol. The Morgan fingerprint density at radius 1 is 1.21 bits per heavy atom. The van der Waals surface area contributed by atoms with Gasteiger partial charge in [-0.2, -0.15) is 0 Å². The zero-order valence-corrected chi connectivity index (χ0v) is 17.1. The number of ether oxygens (including phenoxy) is 4. The first-order chi connectivity index (χ1) is 13.5. The summed E-state index contributed by atoms with van der Waals surface area (Å²) >= 11 is 0. The average Bonchev–Trinajstić information content (AvgIpc) is 2.84. The minimum atomic E-state index is -1.19. The highest BCUT2D eigenvalue weighted by Crippen LogP contribution is 2.81. The van der Waals surface area contributed by atoms with Crippen LogP contribution < -0.4 is 0 Å². The standard InChI is InChI=1S/C22H26O7/c1-18(2,3)16(24)27-21-11-19(4)22(25)10-14(21)20(22,17(28-19)29-21)12-26-15(23)13-8-6-5-7-9-13/h5-9,14,17,25H,10-12H2,1-4H3. The molecule has 3 heterocycles. The molecular weight excluding hydrogens is 376 g/mol. The summed E-state index contributed by atoms with van der Waals surface area (Å²) in [6.07, 6.45) is -0.157. The van der Waals surface area contributed by atoms with Gasteiger partial charge in [0.1, 0.15) is 17.8 Å². The average molecular weight is 402 g/mol. The summed E-state index contributed by atoms with van der Waals surface area (Å²) in [4.78, 5) is 25.2. The summed E-state index contributed by atoms with van der Waals surface area (Å²) in [7, 11) is 0. The van der Waals surface area contributed by atoms with Crippen LogP contribution in [0.15, 0.2) is 30.3 Å². The van der Waals surface area contributed by atoms with Crippen molar-refractivity contribution in [2.24, 2.45) is 16.7 Å². The zero-order valence-electron chi connectivity index (χ0n) is 17.1. The molecule has 3 saturated carbocycles. The van der Waals surface area contributed by atoms with Gasteiger partial charge in [-0.25, -0.2) is 4.79 Å². The lowest BCUT2D eigenvalue weighted by molar-refractivity contribution is -0.386. The SMILES string of the molecule is CC(C)(C)C(=O)OC12CC3(C)OC(O1)C1(COC(=O)c4ccccc4)C2CC31O. The van der Waals surface area contributed by atoms with Crippen LogP contribution in [0.25, 0.3) is 0 Å². The van der Waals surface area contributed by atoms with E-state index in [1.54, 1.807) is 45.0 Å². The summed E-state index contributed by atoms with van der Waals surface area (Å²) in [6, 6.07) is 8.69. The van der Waals surface area contributed by atoms with E-state index < -0.39 is 40.1 Å². The van der Waals surface area contributed by atoms with Gasteiger partial charge in [-0.15, -0.1) is 0 Å². The second-order valence-corrected chi connectivity index (χ2v) is 10.0. The molecule has 1 aromatic carbocycles. The lowest BCUT2D eigenvalue weighted by Crippen LogP contribution is -2.79. The Kier molecular flexibility index (Phi) is 3.54. The Hall–Kier alpha value is -1.96. The second-order valence-electron chi connectivity index (χ2n) is 10.0. The Bertz CT molecular complexity index is 892. The molecule has 6 atom stereocenters. The van der Waals surface area contributed by atoms with Crippen molar-refractivity contribution in [2.45, 2.75) is 63.8 Å². The van der Waals surface area contributed by atoms with E-state index in [1.807, 2.05) is 13.0 Å². The molecule has 0 spiro atoms. The van der Waals surface area contributed by atoms with Gasteiger partial charge in [-0.3, -0.25) is 4.79 Å². The molecule has 6 aliphatic rings. The topological polar surface area (TPSA) is 91.3 Å². The molecule has 29 heavy (non-hydrogen) atoms. The van der Waals surface area contributed by atoms with Crippen LogP contribution in [0.2, 0.25) is 0 Å². The van der Waals surface area contributed by atoms with Crippen molar-refractivity contribution in [1.29, 1.82) is 0 Å². The summed E-state index contributed by atoms with van der Waals surface area (Å²) in [5.41, 5.74) is -3.32. The molecule has 6 fully saturated rings. The van der Waals surface area contributed by atoms with Crippen LogP contribution >= 0.6 is 0 Å². The number of carbonyl (C=O) groups is 2. The van der Waals surface area contributed by atoms with E-state index >= 15 is 0 Å². The maximum absolute atomic E-state index is 12.6. The van der Waals surface area contributed by atoms with E-state index in [0.29, 0.717) is 12.0 Å². The third kappa shape index (κ3) is 2.13. The lowest BCUT2D eigenvalue weighted by Gasteiger charge is -2.65. The van der Waals surface area contributed by atoms with Gasteiger partial charge in [0.25, 0.3) is 0 Å². The molecule has 3 aliphatic carbocycles. The van der Waals surface area contributed by atoms with Crippen LogP contribution in [-0.2, 0) is 23.7 Å². The number of aliphatic hydroxyl groups is 1. The van der Waals surface area contributed by atoms with Crippen LogP contribution in [0.4, 0.5) is 0 Å². The summed E-state index contributed by atoms with van der Waals surface area (Å²) in [5.74, 6) is -2.29. The van der Waals surface area contributed by atoms with Crippen LogP contribution in [-0.4, -0.2) is 46.9 Å². The predicted octanol–water partition coefficient (Wildman–Crippen LogP) is 2.42. The molecule has 0 aromatic heterocycles. The van der Waals surface area contributed by atoms with Crippen molar-refractivity contribution in [3.63, 3.8) is 0 Å². The molecular formula is C22H26O7. The molecule has 6 unspecified atom stereocenters. The summed E-state index contributed by atoms with van der Waals surface area (Å²) in [6.45, 7) is 7.12.